The van der Waals surface area contributed by atoms with Crippen LogP contribution in [0.1, 0.15) is 149 Å². The summed E-state index contributed by atoms with van der Waals surface area (Å²) in [5, 5.41) is 9.38. The molecule has 61 heavy (non-hydrogen) atoms. The molecule has 326 valence electrons. The molecule has 2 aliphatic heterocycles. The Balaban J connectivity index is 0.859. The van der Waals surface area contributed by atoms with E-state index in [2.05, 4.69) is 47.1 Å². The van der Waals surface area contributed by atoms with E-state index in [1.807, 2.05) is 48.5 Å². The van der Waals surface area contributed by atoms with Gasteiger partial charge < -0.3 is 25.8 Å². The lowest BCUT2D eigenvalue weighted by Crippen LogP contribution is -2.43. The highest BCUT2D eigenvalue weighted by atomic mass is 16.2. The Morgan fingerprint density at radius 1 is 0.607 bits per heavy atom. The molecule has 0 bridgehead atoms. The van der Waals surface area contributed by atoms with Gasteiger partial charge in [0.2, 0.25) is 23.6 Å². The van der Waals surface area contributed by atoms with E-state index in [-0.39, 0.29) is 66.5 Å². The number of benzene rings is 3. The van der Waals surface area contributed by atoms with Crippen LogP contribution >= 0.6 is 0 Å². The topological polar surface area (TPSA) is 128 Å². The Hall–Kier alpha value is -4.99. The van der Waals surface area contributed by atoms with E-state index < -0.39 is 17.9 Å². The third kappa shape index (κ3) is 12.3. The molecule has 3 N–H and O–H groups in total. The normalized spacial score (nSPS) is 24.1. The number of likely N-dealkylation sites (tertiary alicyclic amines) is 2. The van der Waals surface area contributed by atoms with E-state index in [0.29, 0.717) is 31.5 Å². The van der Waals surface area contributed by atoms with Gasteiger partial charge in [0.25, 0.3) is 5.91 Å². The molecule has 5 amide bonds. The first-order valence-electron chi connectivity index (χ1n) is 23.5. The number of unbranched alkanes of at least 4 members (excludes halogenated alkanes) is 11. The number of nitrogens with zero attached hydrogens (tertiary/aromatic N) is 2. The molecule has 3 aromatic rings. The summed E-state index contributed by atoms with van der Waals surface area (Å²) in [6.45, 7) is 3.53. The van der Waals surface area contributed by atoms with E-state index in [0.717, 1.165) is 37.7 Å². The Kier molecular flexibility index (Phi) is 15.7. The van der Waals surface area contributed by atoms with Crippen molar-refractivity contribution < 1.29 is 24.0 Å². The standard InChI is InChI=1S/C51H67N5O5/c1-2-3-4-5-6-7-8-9-10-11-12-19-24-47(57)52-44-29-30-55(51(44)61)33-36-25-27-39(28-26-36)50(60)56-34-42(48(58)53-45-31-40(45)37-20-15-13-16-21-37)43(35-56)49(59)54-46-32-41(46)38-22-17-14-18-23-38/h13-18,20-23,25-28,40-46H,2-12,19,24,29-35H2,1H3,(H,52,57)(H,53,58)(H,54,59)/t40-,41-,42-,43-,44+,45+,46+/m1/s1. The molecule has 2 aliphatic carbocycles. The van der Waals surface area contributed by atoms with E-state index in [1.165, 1.54) is 68.9 Å². The summed E-state index contributed by atoms with van der Waals surface area (Å²) in [7, 11) is 0. The summed E-state index contributed by atoms with van der Waals surface area (Å²) in [5.41, 5.74) is 3.74. The minimum atomic E-state index is -0.659. The van der Waals surface area contributed by atoms with Gasteiger partial charge in [-0.1, -0.05) is 150 Å². The van der Waals surface area contributed by atoms with Gasteiger partial charge in [0.15, 0.2) is 0 Å². The van der Waals surface area contributed by atoms with E-state index in [1.54, 1.807) is 21.9 Å². The zero-order valence-electron chi connectivity index (χ0n) is 36.2. The minimum Gasteiger partial charge on any atom is -0.352 e. The maximum Gasteiger partial charge on any atom is 0.253 e. The summed E-state index contributed by atoms with van der Waals surface area (Å²) >= 11 is 0. The highest BCUT2D eigenvalue weighted by Crippen LogP contribution is 2.42. The van der Waals surface area contributed by atoms with Crippen LogP contribution in [-0.4, -0.2) is 77.1 Å². The molecule has 4 aliphatic rings. The fourth-order valence-corrected chi connectivity index (χ4v) is 9.51. The Bertz CT molecular complexity index is 1850. The average molecular weight is 830 g/mol. The van der Waals surface area contributed by atoms with Crippen LogP contribution in [-0.2, 0) is 25.7 Å². The van der Waals surface area contributed by atoms with Crippen LogP contribution in [0.3, 0.4) is 0 Å². The van der Waals surface area contributed by atoms with Gasteiger partial charge in [-0.05, 0) is 54.5 Å². The predicted octanol–water partition coefficient (Wildman–Crippen LogP) is 8.03. The second kappa shape index (κ2) is 21.7. The van der Waals surface area contributed by atoms with Crippen LogP contribution in [0.5, 0.6) is 0 Å². The molecule has 10 heteroatoms. The number of amides is 5. The molecule has 0 spiro atoms. The number of rotatable bonds is 23. The van der Waals surface area contributed by atoms with Crippen LogP contribution in [0.15, 0.2) is 84.9 Å². The Labute approximate surface area is 363 Å². The first kappa shape index (κ1) is 44.1. The summed E-state index contributed by atoms with van der Waals surface area (Å²) in [6, 6.07) is 27.1. The largest absolute Gasteiger partial charge is 0.352 e. The third-order valence-corrected chi connectivity index (χ3v) is 13.4. The van der Waals surface area contributed by atoms with Crippen molar-refractivity contribution in [1.82, 2.24) is 25.8 Å². The molecule has 0 aromatic heterocycles. The second-order valence-electron chi connectivity index (χ2n) is 18.2. The van der Waals surface area contributed by atoms with Crippen molar-refractivity contribution in [2.24, 2.45) is 11.8 Å². The number of carbonyl (C=O) groups excluding carboxylic acids is 5. The summed E-state index contributed by atoms with van der Waals surface area (Å²) in [5.74, 6) is -1.53. The van der Waals surface area contributed by atoms with E-state index >= 15 is 0 Å². The molecule has 10 nitrogen and oxygen atoms in total. The van der Waals surface area contributed by atoms with Crippen molar-refractivity contribution in [2.75, 3.05) is 19.6 Å². The number of hydrogen-bond donors (Lipinski definition) is 3. The van der Waals surface area contributed by atoms with Crippen LogP contribution in [0, 0.1) is 11.8 Å². The van der Waals surface area contributed by atoms with Crippen LogP contribution in [0.2, 0.25) is 0 Å². The van der Waals surface area contributed by atoms with Crippen LogP contribution in [0.25, 0.3) is 0 Å². The predicted molar refractivity (Wildman–Crippen MR) is 238 cm³/mol. The van der Waals surface area contributed by atoms with Gasteiger partial charge in [0.1, 0.15) is 6.04 Å². The lowest BCUT2D eigenvalue weighted by atomic mass is 9.94. The molecule has 7 rings (SSSR count). The highest BCUT2D eigenvalue weighted by molar-refractivity contribution is 5.97. The van der Waals surface area contributed by atoms with Crippen LogP contribution in [0.4, 0.5) is 0 Å². The minimum absolute atomic E-state index is 0.0138. The van der Waals surface area contributed by atoms with Crippen molar-refractivity contribution in [3.05, 3.63) is 107 Å². The van der Waals surface area contributed by atoms with Crippen LogP contribution < -0.4 is 16.0 Å². The lowest BCUT2D eigenvalue weighted by Gasteiger charge is -2.19. The maximum absolute atomic E-state index is 13.9. The molecule has 3 aromatic carbocycles. The number of carbonyl (C=O) groups is 5. The van der Waals surface area contributed by atoms with Gasteiger partial charge >= 0.3 is 0 Å². The van der Waals surface area contributed by atoms with Gasteiger partial charge in [0.05, 0.1) is 11.8 Å². The zero-order chi connectivity index (χ0) is 42.6. The Morgan fingerprint density at radius 3 is 1.61 bits per heavy atom. The van der Waals surface area contributed by atoms with Gasteiger partial charge in [-0.25, -0.2) is 0 Å². The Morgan fingerprint density at radius 2 is 1.10 bits per heavy atom. The summed E-state index contributed by atoms with van der Waals surface area (Å²) in [6.07, 6.45) is 17.7. The van der Waals surface area contributed by atoms with Gasteiger partial charge in [-0.15, -0.1) is 0 Å². The summed E-state index contributed by atoms with van der Waals surface area (Å²) < 4.78 is 0. The molecule has 0 unspecified atom stereocenters. The molecule has 2 heterocycles. The lowest BCUT2D eigenvalue weighted by molar-refractivity contribution is -0.133. The monoisotopic (exact) mass is 830 g/mol. The quantitative estimate of drug-likeness (QED) is 0.0835. The molecule has 7 atom stereocenters. The number of hydrogen-bond acceptors (Lipinski definition) is 5. The van der Waals surface area contributed by atoms with Gasteiger partial charge in [0, 0.05) is 62.1 Å². The van der Waals surface area contributed by atoms with E-state index in [4.69, 9.17) is 0 Å². The van der Waals surface area contributed by atoms with Crippen molar-refractivity contribution in [3.8, 4) is 0 Å². The molecule has 2 saturated heterocycles. The smallest absolute Gasteiger partial charge is 0.253 e. The molecular formula is C51H67N5O5. The maximum atomic E-state index is 13.9. The fourth-order valence-electron chi connectivity index (χ4n) is 9.51. The average Bonchev–Trinajstić information content (AvgIpc) is 4.15. The molecule has 4 fully saturated rings. The van der Waals surface area contributed by atoms with Gasteiger partial charge in [-0.3, -0.25) is 24.0 Å². The number of nitrogens with one attached hydrogen (secondary N) is 3. The SMILES string of the molecule is CCCCCCCCCCCCCCC(=O)N[C@H]1CCN(Cc2ccc(C(=O)N3C[C@@H](C(=O)N[C@H]4C[C@@H]4c4ccccc4)[C@H](C(=O)N[C@H]4C[C@@H]4c4ccccc4)C3)cc2)C1=O. The molecular weight excluding hydrogens is 763 g/mol. The van der Waals surface area contributed by atoms with Crippen molar-refractivity contribution in [3.63, 3.8) is 0 Å². The highest BCUT2D eigenvalue weighted by Gasteiger charge is 2.49. The third-order valence-electron chi connectivity index (χ3n) is 13.4. The van der Waals surface area contributed by atoms with Gasteiger partial charge in [-0.2, -0.15) is 0 Å². The van der Waals surface area contributed by atoms with Crippen molar-refractivity contribution in [1.29, 1.82) is 0 Å². The summed E-state index contributed by atoms with van der Waals surface area (Å²) in [4.78, 5) is 71.0. The molecule has 0 radical (unpaired) electrons. The van der Waals surface area contributed by atoms with Crippen molar-refractivity contribution in [2.45, 2.75) is 146 Å². The molecule has 2 saturated carbocycles. The first-order valence-corrected chi connectivity index (χ1v) is 23.5. The fraction of sp³-hybridized carbons (Fsp3) is 0.549. The van der Waals surface area contributed by atoms with Crippen molar-refractivity contribution >= 4 is 29.5 Å². The first-order chi connectivity index (χ1) is 29.8. The van der Waals surface area contributed by atoms with E-state index in [9.17, 15) is 24.0 Å². The zero-order valence-corrected chi connectivity index (χ0v) is 36.2. The second-order valence-corrected chi connectivity index (χ2v) is 18.2.